The predicted octanol–water partition coefficient (Wildman–Crippen LogP) is 2.98. The number of fused-ring (bicyclic) bond motifs is 1. The van der Waals surface area contributed by atoms with Crippen LogP contribution in [-0.4, -0.2) is 24.2 Å². The summed E-state index contributed by atoms with van der Waals surface area (Å²) < 4.78 is 5.28. The van der Waals surface area contributed by atoms with Gasteiger partial charge in [-0.05, 0) is 32.0 Å². The van der Waals surface area contributed by atoms with Crippen molar-refractivity contribution in [2.75, 3.05) is 18.0 Å². The average molecular weight is 233 g/mol. The van der Waals surface area contributed by atoms with E-state index >= 15 is 0 Å². The SMILES string of the molecule is CCN(CC)c1ccc2cc(C(=O)O)oc2c1. The number of benzene rings is 1. The van der Waals surface area contributed by atoms with Crippen LogP contribution in [0, 0.1) is 0 Å². The summed E-state index contributed by atoms with van der Waals surface area (Å²) in [5.74, 6) is -1.05. The molecular formula is C13H15NO3. The fourth-order valence-electron chi connectivity index (χ4n) is 1.91. The first-order valence-corrected chi connectivity index (χ1v) is 5.67. The summed E-state index contributed by atoms with van der Waals surface area (Å²) in [6.07, 6.45) is 0. The van der Waals surface area contributed by atoms with E-state index < -0.39 is 5.97 Å². The van der Waals surface area contributed by atoms with Crippen LogP contribution in [0.3, 0.4) is 0 Å². The van der Waals surface area contributed by atoms with Gasteiger partial charge in [-0.3, -0.25) is 0 Å². The third-order valence-corrected chi connectivity index (χ3v) is 2.84. The zero-order chi connectivity index (χ0) is 12.4. The molecule has 4 heteroatoms. The Bertz CT molecular complexity index is 541. The number of carbonyl (C=O) groups is 1. The highest BCUT2D eigenvalue weighted by Crippen LogP contribution is 2.25. The molecule has 0 fully saturated rings. The Labute approximate surface area is 99.4 Å². The second-order valence-corrected chi connectivity index (χ2v) is 3.81. The Morgan fingerprint density at radius 2 is 2.00 bits per heavy atom. The highest BCUT2D eigenvalue weighted by Gasteiger charge is 2.11. The number of carboxylic acid groups (broad SMARTS) is 1. The van der Waals surface area contributed by atoms with Gasteiger partial charge in [0.2, 0.25) is 5.76 Å². The molecule has 0 aliphatic heterocycles. The average Bonchev–Trinajstić information content (AvgIpc) is 2.74. The van der Waals surface area contributed by atoms with Crippen molar-refractivity contribution in [2.45, 2.75) is 13.8 Å². The molecule has 0 saturated heterocycles. The Morgan fingerprint density at radius 1 is 1.29 bits per heavy atom. The number of aromatic carboxylic acids is 1. The van der Waals surface area contributed by atoms with Gasteiger partial charge in [0.25, 0.3) is 0 Å². The molecule has 1 aromatic heterocycles. The third-order valence-electron chi connectivity index (χ3n) is 2.84. The molecule has 17 heavy (non-hydrogen) atoms. The van der Waals surface area contributed by atoms with Gasteiger partial charge in [0.15, 0.2) is 0 Å². The fourth-order valence-corrected chi connectivity index (χ4v) is 1.91. The quantitative estimate of drug-likeness (QED) is 0.882. The van der Waals surface area contributed by atoms with Crippen molar-refractivity contribution in [3.05, 3.63) is 30.0 Å². The van der Waals surface area contributed by atoms with Gasteiger partial charge >= 0.3 is 5.97 Å². The Kier molecular flexibility index (Phi) is 3.04. The molecule has 0 saturated carbocycles. The largest absolute Gasteiger partial charge is 0.475 e. The zero-order valence-electron chi connectivity index (χ0n) is 9.93. The second kappa shape index (κ2) is 4.49. The summed E-state index contributed by atoms with van der Waals surface area (Å²) in [5.41, 5.74) is 1.67. The predicted molar refractivity (Wildman–Crippen MR) is 66.7 cm³/mol. The standard InChI is InChI=1S/C13H15NO3/c1-3-14(4-2)10-6-5-9-7-12(13(15)16)17-11(9)8-10/h5-8H,3-4H2,1-2H3,(H,15,16). The summed E-state index contributed by atoms with van der Waals surface area (Å²) in [6, 6.07) is 7.30. The van der Waals surface area contributed by atoms with E-state index in [0.29, 0.717) is 5.58 Å². The van der Waals surface area contributed by atoms with Gasteiger partial charge in [0.1, 0.15) is 5.58 Å². The molecule has 0 radical (unpaired) electrons. The molecule has 0 aliphatic rings. The maximum Gasteiger partial charge on any atom is 0.371 e. The Morgan fingerprint density at radius 3 is 2.59 bits per heavy atom. The first kappa shape index (κ1) is 11.5. The molecular weight excluding hydrogens is 218 g/mol. The van der Waals surface area contributed by atoms with Crippen molar-refractivity contribution in [3.8, 4) is 0 Å². The molecule has 0 aliphatic carbocycles. The van der Waals surface area contributed by atoms with Crippen LogP contribution in [0.15, 0.2) is 28.7 Å². The van der Waals surface area contributed by atoms with Crippen LogP contribution < -0.4 is 4.90 Å². The first-order valence-electron chi connectivity index (χ1n) is 5.67. The highest BCUT2D eigenvalue weighted by molar-refractivity contribution is 5.92. The molecule has 0 unspecified atom stereocenters. The number of anilines is 1. The molecule has 4 nitrogen and oxygen atoms in total. The Balaban J connectivity index is 2.46. The fraction of sp³-hybridized carbons (Fsp3) is 0.308. The minimum atomic E-state index is -1.04. The normalized spacial score (nSPS) is 10.7. The summed E-state index contributed by atoms with van der Waals surface area (Å²) >= 11 is 0. The number of hydrogen-bond donors (Lipinski definition) is 1. The molecule has 0 atom stereocenters. The van der Waals surface area contributed by atoms with E-state index in [0.717, 1.165) is 24.2 Å². The van der Waals surface area contributed by atoms with E-state index in [4.69, 9.17) is 9.52 Å². The number of carboxylic acids is 1. The van der Waals surface area contributed by atoms with Gasteiger partial charge in [-0.15, -0.1) is 0 Å². The van der Waals surface area contributed by atoms with Crippen molar-refractivity contribution in [2.24, 2.45) is 0 Å². The van der Waals surface area contributed by atoms with Crippen LogP contribution in [0.1, 0.15) is 24.4 Å². The van der Waals surface area contributed by atoms with Gasteiger partial charge in [-0.25, -0.2) is 4.79 Å². The summed E-state index contributed by atoms with van der Waals surface area (Å²) in [4.78, 5) is 13.0. The lowest BCUT2D eigenvalue weighted by atomic mass is 10.2. The number of furan rings is 1. The molecule has 2 aromatic rings. The van der Waals surface area contributed by atoms with E-state index in [2.05, 4.69) is 18.7 Å². The van der Waals surface area contributed by atoms with Gasteiger partial charge in [-0.1, -0.05) is 0 Å². The lowest BCUT2D eigenvalue weighted by Crippen LogP contribution is -2.21. The molecule has 0 bridgehead atoms. The molecule has 1 aromatic carbocycles. The van der Waals surface area contributed by atoms with Crippen LogP contribution in [0.25, 0.3) is 11.0 Å². The smallest absolute Gasteiger partial charge is 0.371 e. The van der Waals surface area contributed by atoms with Crippen LogP contribution in [0.5, 0.6) is 0 Å². The number of hydrogen-bond acceptors (Lipinski definition) is 3. The van der Waals surface area contributed by atoms with Crippen LogP contribution in [0.2, 0.25) is 0 Å². The molecule has 1 N–H and O–H groups in total. The van der Waals surface area contributed by atoms with Gasteiger partial charge in [-0.2, -0.15) is 0 Å². The molecule has 2 rings (SSSR count). The van der Waals surface area contributed by atoms with Crippen molar-refractivity contribution in [3.63, 3.8) is 0 Å². The summed E-state index contributed by atoms with van der Waals surface area (Å²) in [6.45, 7) is 5.99. The molecule has 90 valence electrons. The molecule has 0 amide bonds. The molecule has 0 spiro atoms. The lowest BCUT2D eigenvalue weighted by Gasteiger charge is -2.20. The van der Waals surface area contributed by atoms with Gasteiger partial charge < -0.3 is 14.4 Å². The van der Waals surface area contributed by atoms with E-state index in [1.165, 1.54) is 0 Å². The Hall–Kier alpha value is -1.97. The van der Waals surface area contributed by atoms with Gasteiger partial charge in [0.05, 0.1) is 0 Å². The van der Waals surface area contributed by atoms with Crippen molar-refractivity contribution in [1.82, 2.24) is 0 Å². The lowest BCUT2D eigenvalue weighted by molar-refractivity contribution is 0.0665. The maximum absolute atomic E-state index is 10.8. The van der Waals surface area contributed by atoms with Crippen LogP contribution in [-0.2, 0) is 0 Å². The monoisotopic (exact) mass is 233 g/mol. The van der Waals surface area contributed by atoms with Crippen LogP contribution >= 0.6 is 0 Å². The van der Waals surface area contributed by atoms with E-state index in [1.807, 2.05) is 18.2 Å². The van der Waals surface area contributed by atoms with E-state index in [1.54, 1.807) is 6.07 Å². The summed E-state index contributed by atoms with van der Waals surface area (Å²) in [7, 11) is 0. The maximum atomic E-state index is 10.8. The van der Waals surface area contributed by atoms with Crippen molar-refractivity contribution in [1.29, 1.82) is 0 Å². The number of nitrogens with zero attached hydrogens (tertiary/aromatic N) is 1. The summed E-state index contributed by atoms with van der Waals surface area (Å²) in [5, 5.41) is 9.67. The first-order chi connectivity index (χ1) is 8.15. The minimum Gasteiger partial charge on any atom is -0.475 e. The molecule has 1 heterocycles. The van der Waals surface area contributed by atoms with Crippen molar-refractivity contribution >= 4 is 22.6 Å². The second-order valence-electron chi connectivity index (χ2n) is 3.81. The van der Waals surface area contributed by atoms with Gasteiger partial charge in [0, 0.05) is 30.2 Å². The number of rotatable bonds is 4. The van der Waals surface area contributed by atoms with E-state index in [-0.39, 0.29) is 5.76 Å². The van der Waals surface area contributed by atoms with E-state index in [9.17, 15) is 4.79 Å². The van der Waals surface area contributed by atoms with Crippen molar-refractivity contribution < 1.29 is 14.3 Å². The third kappa shape index (κ3) is 2.11. The minimum absolute atomic E-state index is 0.0169. The highest BCUT2D eigenvalue weighted by atomic mass is 16.4. The zero-order valence-corrected chi connectivity index (χ0v) is 9.93. The topological polar surface area (TPSA) is 53.7 Å². The van der Waals surface area contributed by atoms with Crippen LogP contribution in [0.4, 0.5) is 5.69 Å².